The van der Waals surface area contributed by atoms with Crippen molar-refractivity contribution in [3.8, 4) is 5.75 Å². The zero-order valence-corrected chi connectivity index (χ0v) is 14.1. The van der Waals surface area contributed by atoms with E-state index in [0.29, 0.717) is 11.4 Å². The molecule has 0 fully saturated rings. The summed E-state index contributed by atoms with van der Waals surface area (Å²) in [4.78, 5) is 0.356. The second kappa shape index (κ2) is 6.50. The largest absolute Gasteiger partial charge is 0.497 e. The van der Waals surface area contributed by atoms with E-state index < -0.39 is 10.0 Å². The minimum Gasteiger partial charge on any atom is -0.497 e. The van der Waals surface area contributed by atoms with E-state index in [1.807, 2.05) is 50.2 Å². The molecule has 0 atom stereocenters. The van der Waals surface area contributed by atoms with Gasteiger partial charge in [-0.05, 0) is 43.2 Å². The summed E-state index contributed by atoms with van der Waals surface area (Å²) in [6.07, 6.45) is 0. The average molecular weight is 319 g/mol. The van der Waals surface area contributed by atoms with Crippen molar-refractivity contribution in [1.82, 2.24) is 4.31 Å². The Balaban J connectivity index is 2.24. The molecule has 5 heteroatoms. The molecule has 0 aliphatic rings. The number of sulfonamides is 1. The van der Waals surface area contributed by atoms with E-state index in [1.165, 1.54) is 4.31 Å². The van der Waals surface area contributed by atoms with Gasteiger partial charge in [-0.25, -0.2) is 8.42 Å². The van der Waals surface area contributed by atoms with E-state index in [2.05, 4.69) is 0 Å². The fourth-order valence-corrected chi connectivity index (χ4v) is 3.69. The molecule has 0 bridgehead atoms. The molecule has 0 saturated heterocycles. The molecule has 0 N–H and O–H groups in total. The predicted molar refractivity (Wildman–Crippen MR) is 87.6 cm³/mol. The zero-order valence-electron chi connectivity index (χ0n) is 13.3. The number of nitrogens with zero attached hydrogens (tertiary/aromatic N) is 1. The van der Waals surface area contributed by atoms with Gasteiger partial charge in [-0.15, -0.1) is 0 Å². The van der Waals surface area contributed by atoms with Crippen molar-refractivity contribution in [3.05, 3.63) is 59.2 Å². The Morgan fingerprint density at radius 3 is 2.23 bits per heavy atom. The maximum absolute atomic E-state index is 12.7. The first-order valence-corrected chi connectivity index (χ1v) is 8.45. The van der Waals surface area contributed by atoms with E-state index in [0.717, 1.165) is 22.4 Å². The lowest BCUT2D eigenvalue weighted by atomic mass is 10.2. The first-order valence-electron chi connectivity index (χ1n) is 7.01. The van der Waals surface area contributed by atoms with Crippen molar-refractivity contribution in [3.63, 3.8) is 0 Å². The number of aryl methyl sites for hydroxylation is 2. The molecule has 2 aromatic rings. The van der Waals surface area contributed by atoms with E-state index >= 15 is 0 Å². The van der Waals surface area contributed by atoms with Gasteiger partial charge in [-0.3, -0.25) is 0 Å². The van der Waals surface area contributed by atoms with Gasteiger partial charge in [0.05, 0.1) is 12.0 Å². The summed E-state index contributed by atoms with van der Waals surface area (Å²) in [5.74, 6) is 0.753. The molecule has 118 valence electrons. The zero-order chi connectivity index (χ0) is 16.3. The normalized spacial score (nSPS) is 11.7. The summed E-state index contributed by atoms with van der Waals surface area (Å²) in [6, 6.07) is 12.8. The van der Waals surface area contributed by atoms with Gasteiger partial charge in [0.25, 0.3) is 0 Å². The Bertz CT molecular complexity index is 752. The van der Waals surface area contributed by atoms with Crippen LogP contribution in [-0.4, -0.2) is 26.9 Å². The molecule has 22 heavy (non-hydrogen) atoms. The Morgan fingerprint density at radius 1 is 1.05 bits per heavy atom. The molecule has 0 heterocycles. The SMILES string of the molecule is COc1ccc(CN(C)S(=O)(=O)c2ccc(C)cc2C)cc1. The highest BCUT2D eigenvalue weighted by molar-refractivity contribution is 7.89. The average Bonchev–Trinajstić information content (AvgIpc) is 2.47. The van der Waals surface area contributed by atoms with Gasteiger partial charge in [0.2, 0.25) is 10.0 Å². The standard InChI is InChI=1S/C17H21NO3S/c1-13-5-10-17(14(2)11-13)22(19,20)18(3)12-15-6-8-16(21-4)9-7-15/h5-11H,12H2,1-4H3. The molecule has 0 amide bonds. The number of methoxy groups -OCH3 is 1. The minimum atomic E-state index is -3.50. The lowest BCUT2D eigenvalue weighted by molar-refractivity contribution is 0.414. The van der Waals surface area contributed by atoms with Crippen molar-refractivity contribution >= 4 is 10.0 Å². The van der Waals surface area contributed by atoms with Crippen molar-refractivity contribution in [2.45, 2.75) is 25.3 Å². The summed E-state index contributed by atoms with van der Waals surface area (Å²) >= 11 is 0. The first kappa shape index (κ1) is 16.5. The first-order chi connectivity index (χ1) is 10.3. The predicted octanol–water partition coefficient (Wildman–Crippen LogP) is 3.13. The highest BCUT2D eigenvalue weighted by Crippen LogP contribution is 2.22. The van der Waals surface area contributed by atoms with Crippen LogP contribution in [0.1, 0.15) is 16.7 Å². The van der Waals surface area contributed by atoms with Crippen molar-refractivity contribution in [1.29, 1.82) is 0 Å². The van der Waals surface area contributed by atoms with Gasteiger partial charge in [0, 0.05) is 13.6 Å². The molecule has 2 aromatic carbocycles. The van der Waals surface area contributed by atoms with Gasteiger partial charge >= 0.3 is 0 Å². The summed E-state index contributed by atoms with van der Waals surface area (Å²) in [5, 5.41) is 0. The van der Waals surface area contributed by atoms with E-state index in [9.17, 15) is 8.42 Å². The smallest absolute Gasteiger partial charge is 0.243 e. The molecular weight excluding hydrogens is 298 g/mol. The van der Waals surface area contributed by atoms with Crippen molar-refractivity contribution < 1.29 is 13.2 Å². The topological polar surface area (TPSA) is 46.6 Å². The molecule has 0 radical (unpaired) electrons. The summed E-state index contributed by atoms with van der Waals surface area (Å²) in [5.41, 5.74) is 2.73. The van der Waals surface area contributed by atoms with Crippen LogP contribution in [0.5, 0.6) is 5.75 Å². The van der Waals surface area contributed by atoms with Crippen LogP contribution in [0.2, 0.25) is 0 Å². The van der Waals surface area contributed by atoms with Crippen molar-refractivity contribution in [2.24, 2.45) is 0 Å². The molecule has 0 aliphatic heterocycles. The highest BCUT2D eigenvalue weighted by atomic mass is 32.2. The third-order valence-electron chi connectivity index (χ3n) is 3.58. The Labute approximate surface area is 132 Å². The van der Waals surface area contributed by atoms with Crippen LogP contribution in [0.4, 0.5) is 0 Å². The highest BCUT2D eigenvalue weighted by Gasteiger charge is 2.22. The Morgan fingerprint density at radius 2 is 1.68 bits per heavy atom. The second-order valence-electron chi connectivity index (χ2n) is 5.38. The molecule has 2 rings (SSSR count). The van der Waals surface area contributed by atoms with Gasteiger partial charge in [0.1, 0.15) is 5.75 Å². The maximum atomic E-state index is 12.7. The van der Waals surface area contributed by atoms with Crippen LogP contribution in [0.25, 0.3) is 0 Å². The molecule has 0 unspecified atom stereocenters. The van der Waals surface area contributed by atoms with Crippen LogP contribution in [-0.2, 0) is 16.6 Å². The van der Waals surface area contributed by atoms with Crippen LogP contribution in [0.3, 0.4) is 0 Å². The van der Waals surface area contributed by atoms with Gasteiger partial charge in [-0.1, -0.05) is 29.8 Å². The fourth-order valence-electron chi connectivity index (χ4n) is 2.33. The minimum absolute atomic E-state index is 0.319. The summed E-state index contributed by atoms with van der Waals surface area (Å²) in [6.45, 7) is 4.09. The fraction of sp³-hybridized carbons (Fsp3) is 0.294. The third kappa shape index (κ3) is 3.48. The number of benzene rings is 2. The lowest BCUT2D eigenvalue weighted by Crippen LogP contribution is -2.27. The molecule has 0 spiro atoms. The maximum Gasteiger partial charge on any atom is 0.243 e. The van der Waals surface area contributed by atoms with Crippen molar-refractivity contribution in [2.75, 3.05) is 14.2 Å². The van der Waals surface area contributed by atoms with Crippen LogP contribution in [0.15, 0.2) is 47.4 Å². The number of rotatable bonds is 5. The van der Waals surface area contributed by atoms with Gasteiger partial charge in [-0.2, -0.15) is 4.31 Å². The molecule has 0 aromatic heterocycles. The number of hydrogen-bond donors (Lipinski definition) is 0. The molecule has 0 saturated carbocycles. The van der Waals surface area contributed by atoms with Crippen LogP contribution >= 0.6 is 0 Å². The third-order valence-corrected chi connectivity index (χ3v) is 5.55. The molecular formula is C17H21NO3S. The summed E-state index contributed by atoms with van der Waals surface area (Å²) in [7, 11) is -0.299. The molecule has 0 aliphatic carbocycles. The Kier molecular flexibility index (Phi) is 4.88. The quantitative estimate of drug-likeness (QED) is 0.850. The van der Waals surface area contributed by atoms with E-state index in [-0.39, 0.29) is 0 Å². The number of ether oxygens (including phenoxy) is 1. The van der Waals surface area contributed by atoms with E-state index in [1.54, 1.807) is 20.2 Å². The van der Waals surface area contributed by atoms with Gasteiger partial charge < -0.3 is 4.74 Å². The Hall–Kier alpha value is -1.85. The number of hydrogen-bond acceptors (Lipinski definition) is 3. The summed E-state index contributed by atoms with van der Waals surface area (Å²) < 4.78 is 31.9. The molecule has 4 nitrogen and oxygen atoms in total. The van der Waals surface area contributed by atoms with Crippen LogP contribution < -0.4 is 4.74 Å². The monoisotopic (exact) mass is 319 g/mol. The second-order valence-corrected chi connectivity index (χ2v) is 7.39. The van der Waals surface area contributed by atoms with Crippen LogP contribution in [0, 0.1) is 13.8 Å². The van der Waals surface area contributed by atoms with E-state index in [4.69, 9.17) is 4.74 Å². The van der Waals surface area contributed by atoms with Gasteiger partial charge in [0.15, 0.2) is 0 Å². The lowest BCUT2D eigenvalue weighted by Gasteiger charge is -2.19.